The van der Waals surface area contributed by atoms with E-state index in [4.69, 9.17) is 4.74 Å². The van der Waals surface area contributed by atoms with Gasteiger partial charge in [-0.2, -0.15) is 13.2 Å². The second kappa shape index (κ2) is 4.67. The van der Waals surface area contributed by atoms with Gasteiger partial charge in [-0.25, -0.2) is 4.39 Å². The topological polar surface area (TPSA) is 37.9 Å². The molecule has 1 heterocycles. The van der Waals surface area contributed by atoms with Crippen LogP contribution in [0.3, 0.4) is 0 Å². The normalized spacial score (nSPS) is 11.6. The maximum Gasteiger partial charge on any atom is 0.416 e. The quantitative estimate of drug-likeness (QED) is 0.861. The van der Waals surface area contributed by atoms with Gasteiger partial charge >= 0.3 is 6.18 Å². The third-order valence-electron chi connectivity index (χ3n) is 2.15. The fraction of sp³-hybridized carbons (Fsp3) is 0.182. The molecule has 96 valence electrons. The van der Waals surface area contributed by atoms with Gasteiger partial charge in [-0.05, 0) is 23.8 Å². The first-order valence-corrected chi connectivity index (χ1v) is 4.94. The van der Waals surface area contributed by atoms with Gasteiger partial charge in [-0.15, -0.1) is 5.10 Å². The second-order valence-corrected chi connectivity index (χ2v) is 3.55. The molecule has 0 atom stereocenters. The highest BCUT2D eigenvalue weighted by atomic mass is 19.4. The summed E-state index contributed by atoms with van der Waals surface area (Å²) >= 11 is 0. The summed E-state index contributed by atoms with van der Waals surface area (Å²) in [7, 11) is 0. The maximum absolute atomic E-state index is 13.0. The summed E-state index contributed by atoms with van der Waals surface area (Å²) in [6.07, 6.45) is -3.08. The SMILES string of the molecule is Fc1cc(COc2cc[nH]n2)cc(C(F)(F)F)c1. The van der Waals surface area contributed by atoms with Crippen LogP contribution in [0.4, 0.5) is 17.6 Å². The first kappa shape index (κ1) is 12.4. The number of rotatable bonds is 3. The zero-order valence-electron chi connectivity index (χ0n) is 8.96. The van der Waals surface area contributed by atoms with Crippen molar-refractivity contribution in [2.75, 3.05) is 0 Å². The van der Waals surface area contributed by atoms with Crippen molar-refractivity contribution in [1.29, 1.82) is 0 Å². The maximum atomic E-state index is 13.0. The molecule has 2 aromatic rings. The fourth-order valence-electron chi connectivity index (χ4n) is 1.38. The van der Waals surface area contributed by atoms with Crippen molar-refractivity contribution in [1.82, 2.24) is 10.2 Å². The predicted octanol–water partition coefficient (Wildman–Crippen LogP) is 3.15. The van der Waals surface area contributed by atoms with Gasteiger partial charge in [0.2, 0.25) is 5.88 Å². The summed E-state index contributed by atoms with van der Waals surface area (Å²) in [5.74, 6) is -0.724. The van der Waals surface area contributed by atoms with Crippen LogP contribution in [0.5, 0.6) is 5.88 Å². The molecule has 1 N–H and O–H groups in total. The standard InChI is InChI=1S/C11H8F4N2O/c12-9-4-7(3-8(5-9)11(13,14)15)6-18-10-1-2-16-17-10/h1-5H,6H2,(H,16,17). The smallest absolute Gasteiger partial charge is 0.416 e. The zero-order valence-corrected chi connectivity index (χ0v) is 8.96. The van der Waals surface area contributed by atoms with Gasteiger partial charge < -0.3 is 4.74 Å². The van der Waals surface area contributed by atoms with Crippen molar-refractivity contribution in [3.05, 3.63) is 47.4 Å². The predicted molar refractivity (Wildman–Crippen MR) is 54.3 cm³/mol. The van der Waals surface area contributed by atoms with Crippen molar-refractivity contribution in [3.8, 4) is 5.88 Å². The largest absolute Gasteiger partial charge is 0.472 e. The minimum atomic E-state index is -4.58. The molecule has 7 heteroatoms. The molecule has 0 bridgehead atoms. The Labute approximate surface area is 99.4 Å². The molecule has 3 nitrogen and oxygen atoms in total. The van der Waals surface area contributed by atoms with Gasteiger partial charge in [0.15, 0.2) is 0 Å². The molecular weight excluding hydrogens is 252 g/mol. The summed E-state index contributed by atoms with van der Waals surface area (Å²) in [5.41, 5.74) is -0.951. The van der Waals surface area contributed by atoms with E-state index in [2.05, 4.69) is 10.2 Å². The van der Waals surface area contributed by atoms with Crippen LogP contribution in [0, 0.1) is 5.82 Å². The molecule has 0 saturated heterocycles. The summed E-state index contributed by atoms with van der Waals surface area (Å²) in [5, 5.41) is 6.15. The van der Waals surface area contributed by atoms with Crippen LogP contribution in [0.15, 0.2) is 30.5 Å². The Morgan fingerprint density at radius 2 is 2.00 bits per heavy atom. The Morgan fingerprint density at radius 3 is 2.61 bits per heavy atom. The zero-order chi connectivity index (χ0) is 13.2. The third kappa shape index (κ3) is 2.99. The van der Waals surface area contributed by atoms with Crippen molar-refractivity contribution in [2.45, 2.75) is 12.8 Å². The highest BCUT2D eigenvalue weighted by Gasteiger charge is 2.31. The molecule has 1 aromatic heterocycles. The van der Waals surface area contributed by atoms with Crippen molar-refractivity contribution in [3.63, 3.8) is 0 Å². The Hall–Kier alpha value is -2.05. The number of hydrogen-bond donors (Lipinski definition) is 1. The number of benzene rings is 1. The van der Waals surface area contributed by atoms with Gasteiger partial charge in [0.05, 0.1) is 5.56 Å². The Morgan fingerprint density at radius 1 is 1.22 bits per heavy atom. The average Bonchev–Trinajstić information content (AvgIpc) is 2.77. The Balaban J connectivity index is 2.15. The lowest BCUT2D eigenvalue weighted by Gasteiger charge is -2.09. The van der Waals surface area contributed by atoms with E-state index >= 15 is 0 Å². The molecule has 0 aliphatic rings. The van der Waals surface area contributed by atoms with Gasteiger partial charge in [0.25, 0.3) is 0 Å². The van der Waals surface area contributed by atoms with Gasteiger partial charge in [-0.1, -0.05) is 0 Å². The molecule has 0 radical (unpaired) electrons. The van der Waals surface area contributed by atoms with Gasteiger partial charge in [0.1, 0.15) is 12.4 Å². The molecule has 2 rings (SSSR count). The summed E-state index contributed by atoms with van der Waals surface area (Å²) < 4.78 is 55.4. The number of nitrogens with zero attached hydrogens (tertiary/aromatic N) is 1. The molecular formula is C11H8F4N2O. The monoisotopic (exact) mass is 260 g/mol. The number of ether oxygens (including phenoxy) is 1. The second-order valence-electron chi connectivity index (χ2n) is 3.55. The number of hydrogen-bond acceptors (Lipinski definition) is 2. The van der Waals surface area contributed by atoms with E-state index in [0.717, 1.165) is 12.1 Å². The molecule has 18 heavy (non-hydrogen) atoms. The van der Waals surface area contributed by atoms with Crippen LogP contribution in [0.2, 0.25) is 0 Å². The Bertz CT molecular complexity index is 522. The molecule has 0 saturated carbocycles. The van der Waals surface area contributed by atoms with Gasteiger partial charge in [0, 0.05) is 12.3 Å². The molecule has 0 aliphatic carbocycles. The van der Waals surface area contributed by atoms with E-state index in [1.165, 1.54) is 12.3 Å². The fourth-order valence-corrected chi connectivity index (χ4v) is 1.38. The van der Waals surface area contributed by atoms with Crippen LogP contribution in [0.1, 0.15) is 11.1 Å². The van der Waals surface area contributed by atoms with Crippen molar-refractivity contribution in [2.24, 2.45) is 0 Å². The first-order valence-electron chi connectivity index (χ1n) is 4.94. The third-order valence-corrected chi connectivity index (χ3v) is 2.15. The lowest BCUT2D eigenvalue weighted by molar-refractivity contribution is -0.137. The van der Waals surface area contributed by atoms with Crippen LogP contribution < -0.4 is 4.74 Å². The highest BCUT2D eigenvalue weighted by molar-refractivity contribution is 5.26. The average molecular weight is 260 g/mol. The molecule has 0 unspecified atom stereocenters. The minimum Gasteiger partial charge on any atom is -0.472 e. The van der Waals surface area contributed by atoms with E-state index in [1.807, 2.05) is 0 Å². The van der Waals surface area contributed by atoms with Gasteiger partial charge in [-0.3, -0.25) is 5.10 Å². The van der Waals surface area contributed by atoms with Crippen molar-refractivity contribution < 1.29 is 22.3 Å². The van der Waals surface area contributed by atoms with E-state index in [-0.39, 0.29) is 18.1 Å². The minimum absolute atomic E-state index is 0.0883. The molecule has 0 amide bonds. The van der Waals surface area contributed by atoms with Crippen LogP contribution in [0.25, 0.3) is 0 Å². The lowest BCUT2D eigenvalue weighted by Crippen LogP contribution is -2.07. The number of aromatic nitrogens is 2. The lowest BCUT2D eigenvalue weighted by atomic mass is 10.1. The number of alkyl halides is 3. The van der Waals surface area contributed by atoms with Crippen molar-refractivity contribution >= 4 is 0 Å². The van der Waals surface area contributed by atoms with E-state index in [0.29, 0.717) is 6.07 Å². The van der Waals surface area contributed by atoms with Crippen LogP contribution in [-0.4, -0.2) is 10.2 Å². The van der Waals surface area contributed by atoms with E-state index < -0.39 is 17.6 Å². The molecule has 1 aromatic carbocycles. The highest BCUT2D eigenvalue weighted by Crippen LogP contribution is 2.30. The van der Waals surface area contributed by atoms with E-state index in [9.17, 15) is 17.6 Å². The number of nitrogens with one attached hydrogen (secondary N) is 1. The van der Waals surface area contributed by atoms with Crippen LogP contribution in [-0.2, 0) is 12.8 Å². The molecule has 0 fully saturated rings. The molecule has 0 aliphatic heterocycles. The first-order chi connectivity index (χ1) is 8.45. The summed E-state index contributed by atoms with van der Waals surface area (Å²) in [4.78, 5) is 0. The Kier molecular flexibility index (Phi) is 3.22. The summed E-state index contributed by atoms with van der Waals surface area (Å²) in [6, 6.07) is 3.78. The van der Waals surface area contributed by atoms with E-state index in [1.54, 1.807) is 0 Å². The number of halogens is 4. The van der Waals surface area contributed by atoms with Crippen LogP contribution >= 0.6 is 0 Å². The number of aromatic amines is 1. The summed E-state index contributed by atoms with van der Waals surface area (Å²) in [6.45, 7) is -0.189. The number of H-pyrrole nitrogens is 1. The molecule has 0 spiro atoms.